The van der Waals surface area contributed by atoms with Gasteiger partial charge in [-0.1, -0.05) is 26.0 Å². The number of carbonyl (C=O) groups excluding carboxylic acids is 2. The molecule has 0 bridgehead atoms. The van der Waals surface area contributed by atoms with Gasteiger partial charge in [-0.15, -0.1) is 0 Å². The van der Waals surface area contributed by atoms with Gasteiger partial charge in [0.15, 0.2) is 0 Å². The number of nitrogens with one attached hydrogen (secondary N) is 1. The second-order valence-corrected chi connectivity index (χ2v) is 8.20. The fourth-order valence-corrected chi connectivity index (χ4v) is 3.63. The van der Waals surface area contributed by atoms with Gasteiger partial charge in [-0.25, -0.2) is 0 Å². The number of nitrogens with zero attached hydrogens (tertiary/aromatic N) is 3. The van der Waals surface area contributed by atoms with Crippen LogP contribution in [0.4, 0.5) is 24.5 Å². The molecule has 0 radical (unpaired) electrons. The summed E-state index contributed by atoms with van der Waals surface area (Å²) in [6, 6.07) is 6.64. The number of halogens is 3. The first-order valence-corrected chi connectivity index (χ1v) is 10.6. The summed E-state index contributed by atoms with van der Waals surface area (Å²) in [7, 11) is 0. The summed E-state index contributed by atoms with van der Waals surface area (Å²) in [5, 5.41) is 2.90. The van der Waals surface area contributed by atoms with Gasteiger partial charge in [0.05, 0.1) is 28.7 Å². The molecule has 1 aromatic carbocycles. The number of piperazine rings is 1. The fourth-order valence-electron chi connectivity index (χ4n) is 3.63. The van der Waals surface area contributed by atoms with Crippen LogP contribution in [0.25, 0.3) is 0 Å². The van der Waals surface area contributed by atoms with E-state index in [-0.39, 0.29) is 24.6 Å². The number of hydrogen-bond donors (Lipinski definition) is 1. The van der Waals surface area contributed by atoms with E-state index in [1.165, 1.54) is 23.1 Å². The van der Waals surface area contributed by atoms with Crippen molar-refractivity contribution in [2.75, 3.05) is 36.4 Å². The van der Waals surface area contributed by atoms with Gasteiger partial charge in [0.1, 0.15) is 0 Å². The molecule has 0 unspecified atom stereocenters. The molecule has 0 saturated carbocycles. The van der Waals surface area contributed by atoms with Gasteiger partial charge in [0, 0.05) is 38.8 Å². The van der Waals surface area contributed by atoms with E-state index in [0.29, 0.717) is 31.1 Å². The number of amides is 2. The maximum Gasteiger partial charge on any atom is 0.417 e. The van der Waals surface area contributed by atoms with E-state index in [2.05, 4.69) is 24.1 Å². The molecule has 1 N–H and O–H groups in total. The van der Waals surface area contributed by atoms with Crippen LogP contribution in [0.1, 0.15) is 42.6 Å². The van der Waals surface area contributed by atoms with Crippen LogP contribution in [-0.2, 0) is 11.0 Å². The Balaban J connectivity index is 1.67. The van der Waals surface area contributed by atoms with Crippen molar-refractivity contribution in [1.29, 1.82) is 0 Å². The number of aromatic nitrogens is 1. The second-order valence-electron chi connectivity index (χ2n) is 8.20. The third-order valence-corrected chi connectivity index (χ3v) is 5.39. The number of rotatable bonds is 6. The van der Waals surface area contributed by atoms with Crippen molar-refractivity contribution in [3.8, 4) is 0 Å². The molecule has 32 heavy (non-hydrogen) atoms. The molecule has 1 aliphatic heterocycles. The van der Waals surface area contributed by atoms with Crippen molar-refractivity contribution in [2.24, 2.45) is 5.92 Å². The molecule has 6 nitrogen and oxygen atoms in total. The predicted molar refractivity (Wildman–Crippen MR) is 116 cm³/mol. The molecule has 0 aliphatic carbocycles. The van der Waals surface area contributed by atoms with Crippen LogP contribution in [0.3, 0.4) is 0 Å². The number of anilines is 2. The minimum atomic E-state index is -4.59. The Morgan fingerprint density at radius 1 is 1.09 bits per heavy atom. The lowest BCUT2D eigenvalue weighted by Gasteiger charge is -2.37. The third-order valence-electron chi connectivity index (χ3n) is 5.39. The van der Waals surface area contributed by atoms with E-state index in [1.54, 1.807) is 18.5 Å². The van der Waals surface area contributed by atoms with E-state index >= 15 is 0 Å². The highest BCUT2D eigenvalue weighted by atomic mass is 19.4. The van der Waals surface area contributed by atoms with Gasteiger partial charge in [-0.3, -0.25) is 14.6 Å². The average Bonchev–Trinajstić information content (AvgIpc) is 2.77. The maximum atomic E-state index is 13.3. The molecule has 2 aromatic rings. The monoisotopic (exact) mass is 448 g/mol. The molecule has 1 saturated heterocycles. The lowest BCUT2D eigenvalue weighted by molar-refractivity contribution is -0.138. The molecule has 9 heteroatoms. The van der Waals surface area contributed by atoms with Gasteiger partial charge < -0.3 is 15.1 Å². The Labute approximate surface area is 185 Å². The molecule has 0 spiro atoms. The Morgan fingerprint density at radius 2 is 1.78 bits per heavy atom. The van der Waals surface area contributed by atoms with Crippen molar-refractivity contribution in [1.82, 2.24) is 9.88 Å². The first-order valence-electron chi connectivity index (χ1n) is 10.6. The van der Waals surface area contributed by atoms with E-state index < -0.39 is 17.6 Å². The van der Waals surface area contributed by atoms with Gasteiger partial charge in [-0.05, 0) is 30.5 Å². The van der Waals surface area contributed by atoms with Crippen molar-refractivity contribution in [2.45, 2.75) is 32.9 Å². The molecule has 0 atom stereocenters. The topological polar surface area (TPSA) is 65.5 Å². The summed E-state index contributed by atoms with van der Waals surface area (Å²) in [5.41, 5.74) is 0.104. The molecule has 1 aliphatic rings. The summed E-state index contributed by atoms with van der Waals surface area (Å²) in [5.74, 6) is -0.303. The molecule has 2 heterocycles. The Bertz CT molecular complexity index is 954. The zero-order valence-corrected chi connectivity index (χ0v) is 18.2. The van der Waals surface area contributed by atoms with Crippen molar-refractivity contribution >= 4 is 23.2 Å². The van der Waals surface area contributed by atoms with Crippen molar-refractivity contribution in [3.05, 3.63) is 53.9 Å². The molecule has 1 aromatic heterocycles. The molecule has 2 amide bonds. The Hall–Kier alpha value is -3.10. The van der Waals surface area contributed by atoms with Crippen LogP contribution in [0.15, 0.2) is 42.7 Å². The van der Waals surface area contributed by atoms with E-state index in [0.717, 1.165) is 18.2 Å². The van der Waals surface area contributed by atoms with Gasteiger partial charge in [0.2, 0.25) is 5.91 Å². The molecular weight excluding hydrogens is 421 g/mol. The summed E-state index contributed by atoms with van der Waals surface area (Å²) in [6.45, 7) is 5.51. The first kappa shape index (κ1) is 23.6. The minimum absolute atomic E-state index is 0.0921. The van der Waals surface area contributed by atoms with Crippen LogP contribution < -0.4 is 10.2 Å². The smallest absolute Gasteiger partial charge is 0.366 e. The van der Waals surface area contributed by atoms with E-state index in [4.69, 9.17) is 0 Å². The lowest BCUT2D eigenvalue weighted by Crippen LogP contribution is -2.49. The van der Waals surface area contributed by atoms with Gasteiger partial charge in [-0.2, -0.15) is 13.2 Å². The number of benzene rings is 1. The summed E-state index contributed by atoms with van der Waals surface area (Å²) in [6.07, 6.45) is -0.196. The second kappa shape index (κ2) is 10.0. The Morgan fingerprint density at radius 3 is 2.44 bits per heavy atom. The third kappa shape index (κ3) is 5.77. The summed E-state index contributed by atoms with van der Waals surface area (Å²) >= 11 is 0. The van der Waals surface area contributed by atoms with E-state index in [1.807, 2.05) is 4.90 Å². The quantitative estimate of drug-likeness (QED) is 0.710. The predicted octanol–water partition coefficient (Wildman–Crippen LogP) is 4.44. The van der Waals surface area contributed by atoms with Crippen LogP contribution >= 0.6 is 0 Å². The lowest BCUT2D eigenvalue weighted by atomic mass is 10.1. The number of alkyl halides is 3. The number of pyridine rings is 1. The van der Waals surface area contributed by atoms with Crippen LogP contribution in [-0.4, -0.2) is 47.9 Å². The van der Waals surface area contributed by atoms with E-state index in [9.17, 15) is 22.8 Å². The molecule has 1 fully saturated rings. The summed E-state index contributed by atoms with van der Waals surface area (Å²) < 4.78 is 39.9. The highest BCUT2D eigenvalue weighted by Gasteiger charge is 2.36. The fraction of sp³-hybridized carbons (Fsp3) is 0.435. The first-order chi connectivity index (χ1) is 15.2. The van der Waals surface area contributed by atoms with Crippen molar-refractivity contribution in [3.63, 3.8) is 0 Å². The normalized spacial score (nSPS) is 14.6. The highest BCUT2D eigenvalue weighted by Crippen LogP contribution is 2.33. The molecular formula is C23H27F3N4O2. The van der Waals surface area contributed by atoms with Crippen LogP contribution in [0.2, 0.25) is 0 Å². The number of hydrogen-bond acceptors (Lipinski definition) is 4. The SMILES string of the molecule is CC(C)CCC(=O)Nc1cnccc1N1CCN(C(=O)c2ccccc2C(F)(F)F)CC1. The van der Waals surface area contributed by atoms with Gasteiger partial charge >= 0.3 is 6.18 Å². The summed E-state index contributed by atoms with van der Waals surface area (Å²) in [4.78, 5) is 32.6. The minimum Gasteiger partial charge on any atom is -0.366 e. The van der Waals surface area contributed by atoms with Crippen LogP contribution in [0.5, 0.6) is 0 Å². The maximum absolute atomic E-state index is 13.3. The zero-order valence-electron chi connectivity index (χ0n) is 18.2. The molecule has 3 rings (SSSR count). The standard InChI is InChI=1S/C23H27F3N4O2/c1-16(2)7-8-21(31)28-19-15-27-10-9-20(19)29-11-13-30(14-12-29)22(32)17-5-3-4-6-18(17)23(24,25)26/h3-6,9-10,15-16H,7-8,11-14H2,1-2H3,(H,28,31). The Kier molecular flexibility index (Phi) is 7.37. The number of carbonyl (C=O) groups is 2. The van der Waals surface area contributed by atoms with Crippen LogP contribution in [0, 0.1) is 5.92 Å². The zero-order chi connectivity index (χ0) is 23.3. The van der Waals surface area contributed by atoms with Crippen molar-refractivity contribution < 1.29 is 22.8 Å². The largest absolute Gasteiger partial charge is 0.417 e. The molecule has 172 valence electrons. The highest BCUT2D eigenvalue weighted by molar-refractivity contribution is 5.96. The average molecular weight is 448 g/mol. The van der Waals surface area contributed by atoms with Gasteiger partial charge in [0.25, 0.3) is 5.91 Å².